The molecular formula is C9H14N2O2. The first kappa shape index (κ1) is 9.77. The van der Waals surface area contributed by atoms with Crippen LogP contribution >= 0.6 is 0 Å². The van der Waals surface area contributed by atoms with E-state index in [9.17, 15) is 4.79 Å². The molecule has 0 radical (unpaired) electrons. The summed E-state index contributed by atoms with van der Waals surface area (Å²) >= 11 is 0. The minimum atomic E-state index is -0.321. The molecule has 1 aromatic heterocycles. The highest BCUT2D eigenvalue weighted by Gasteiger charge is 2.13. The molecule has 0 aromatic carbocycles. The second kappa shape index (κ2) is 3.60. The van der Waals surface area contributed by atoms with E-state index >= 15 is 0 Å². The van der Waals surface area contributed by atoms with E-state index in [1.165, 1.54) is 4.68 Å². The SMILES string of the molecule is Cc1cc(C(=O)OC(C)C)n(C)n1. The molecule has 0 atom stereocenters. The maximum Gasteiger partial charge on any atom is 0.356 e. The van der Waals surface area contributed by atoms with Crippen LogP contribution in [0.5, 0.6) is 0 Å². The molecule has 13 heavy (non-hydrogen) atoms. The number of aromatic nitrogens is 2. The van der Waals surface area contributed by atoms with Crippen molar-refractivity contribution >= 4 is 5.97 Å². The second-order valence-corrected chi connectivity index (χ2v) is 3.25. The first-order valence-corrected chi connectivity index (χ1v) is 4.22. The Bertz CT molecular complexity index is 315. The van der Waals surface area contributed by atoms with Crippen LogP contribution in [0.25, 0.3) is 0 Å². The van der Waals surface area contributed by atoms with Gasteiger partial charge in [-0.2, -0.15) is 5.10 Å². The van der Waals surface area contributed by atoms with Gasteiger partial charge in [0.05, 0.1) is 11.8 Å². The van der Waals surface area contributed by atoms with Gasteiger partial charge in [0, 0.05) is 7.05 Å². The van der Waals surface area contributed by atoms with E-state index in [1.54, 1.807) is 13.1 Å². The summed E-state index contributed by atoms with van der Waals surface area (Å²) in [6, 6.07) is 1.71. The van der Waals surface area contributed by atoms with Crippen molar-refractivity contribution in [3.63, 3.8) is 0 Å². The molecule has 0 saturated heterocycles. The highest BCUT2D eigenvalue weighted by Crippen LogP contribution is 2.05. The van der Waals surface area contributed by atoms with Crippen LogP contribution in [0.2, 0.25) is 0 Å². The van der Waals surface area contributed by atoms with Crippen LogP contribution in [-0.2, 0) is 11.8 Å². The molecule has 1 rings (SSSR count). The van der Waals surface area contributed by atoms with Crippen LogP contribution in [0.1, 0.15) is 30.0 Å². The average Bonchev–Trinajstić information content (AvgIpc) is 2.28. The van der Waals surface area contributed by atoms with Gasteiger partial charge in [-0.15, -0.1) is 0 Å². The zero-order valence-corrected chi connectivity index (χ0v) is 8.37. The molecule has 0 unspecified atom stereocenters. The number of carbonyl (C=O) groups excluding carboxylic acids is 1. The lowest BCUT2D eigenvalue weighted by atomic mass is 10.3. The lowest BCUT2D eigenvalue weighted by Crippen LogP contribution is -2.15. The number of carbonyl (C=O) groups is 1. The van der Waals surface area contributed by atoms with Gasteiger partial charge in [0.15, 0.2) is 0 Å². The van der Waals surface area contributed by atoms with Gasteiger partial charge < -0.3 is 4.74 Å². The quantitative estimate of drug-likeness (QED) is 0.647. The molecule has 4 nitrogen and oxygen atoms in total. The molecule has 0 aliphatic rings. The Morgan fingerprint density at radius 1 is 1.62 bits per heavy atom. The Balaban J connectivity index is 2.82. The van der Waals surface area contributed by atoms with Crippen LogP contribution in [0.15, 0.2) is 6.07 Å². The molecule has 4 heteroatoms. The number of ether oxygens (including phenoxy) is 1. The third-order valence-corrected chi connectivity index (χ3v) is 1.55. The highest BCUT2D eigenvalue weighted by atomic mass is 16.5. The van der Waals surface area contributed by atoms with Crippen LogP contribution in [-0.4, -0.2) is 21.9 Å². The van der Waals surface area contributed by atoms with Crippen LogP contribution in [0, 0.1) is 6.92 Å². The van der Waals surface area contributed by atoms with Gasteiger partial charge >= 0.3 is 5.97 Å². The van der Waals surface area contributed by atoms with Crippen LogP contribution < -0.4 is 0 Å². The lowest BCUT2D eigenvalue weighted by Gasteiger charge is -2.06. The summed E-state index contributed by atoms with van der Waals surface area (Å²) in [5.74, 6) is -0.321. The topological polar surface area (TPSA) is 44.1 Å². The van der Waals surface area contributed by atoms with Crippen molar-refractivity contribution in [3.05, 3.63) is 17.5 Å². The number of hydrogen-bond donors (Lipinski definition) is 0. The summed E-state index contributed by atoms with van der Waals surface area (Å²) < 4.78 is 6.56. The summed E-state index contributed by atoms with van der Waals surface area (Å²) in [6.07, 6.45) is -0.0947. The summed E-state index contributed by atoms with van der Waals surface area (Å²) in [7, 11) is 1.73. The van der Waals surface area contributed by atoms with Gasteiger partial charge in [-0.05, 0) is 26.8 Å². The number of nitrogens with zero attached hydrogens (tertiary/aromatic N) is 2. The van der Waals surface area contributed by atoms with Gasteiger partial charge in [0.1, 0.15) is 5.69 Å². The van der Waals surface area contributed by atoms with Crippen molar-refractivity contribution in [1.29, 1.82) is 0 Å². The zero-order chi connectivity index (χ0) is 10.0. The van der Waals surface area contributed by atoms with Crippen molar-refractivity contribution in [2.24, 2.45) is 7.05 Å². The van der Waals surface area contributed by atoms with E-state index in [1.807, 2.05) is 20.8 Å². The fourth-order valence-electron chi connectivity index (χ4n) is 1.08. The maximum absolute atomic E-state index is 11.4. The highest BCUT2D eigenvalue weighted by molar-refractivity contribution is 5.87. The Morgan fingerprint density at radius 3 is 2.62 bits per heavy atom. The average molecular weight is 182 g/mol. The van der Waals surface area contributed by atoms with Gasteiger partial charge in [-0.3, -0.25) is 4.68 Å². The van der Waals surface area contributed by atoms with Gasteiger partial charge in [0.25, 0.3) is 0 Å². The normalized spacial score (nSPS) is 10.5. The smallest absolute Gasteiger partial charge is 0.356 e. The fraction of sp³-hybridized carbons (Fsp3) is 0.556. The maximum atomic E-state index is 11.4. The Kier molecular flexibility index (Phi) is 2.70. The number of esters is 1. The fourth-order valence-corrected chi connectivity index (χ4v) is 1.08. The standard InChI is InChI=1S/C9H14N2O2/c1-6(2)13-9(12)8-5-7(3)10-11(8)4/h5-6H,1-4H3. The van der Waals surface area contributed by atoms with Crippen molar-refractivity contribution in [2.75, 3.05) is 0 Å². The van der Waals surface area contributed by atoms with E-state index in [0.29, 0.717) is 5.69 Å². The third kappa shape index (κ3) is 2.31. The monoisotopic (exact) mass is 182 g/mol. The molecule has 0 amide bonds. The van der Waals surface area contributed by atoms with Crippen molar-refractivity contribution in [2.45, 2.75) is 26.9 Å². The van der Waals surface area contributed by atoms with Crippen LogP contribution in [0.3, 0.4) is 0 Å². The van der Waals surface area contributed by atoms with Gasteiger partial charge in [-0.1, -0.05) is 0 Å². The minimum absolute atomic E-state index is 0.0947. The van der Waals surface area contributed by atoms with Crippen molar-refractivity contribution in [1.82, 2.24) is 9.78 Å². The molecular weight excluding hydrogens is 168 g/mol. The molecule has 1 aromatic rings. The van der Waals surface area contributed by atoms with Gasteiger partial charge in [-0.25, -0.2) is 4.79 Å². The molecule has 0 saturated carbocycles. The molecule has 0 fully saturated rings. The Labute approximate surface area is 77.5 Å². The summed E-state index contributed by atoms with van der Waals surface area (Å²) in [5, 5.41) is 4.06. The van der Waals surface area contributed by atoms with Crippen LogP contribution in [0.4, 0.5) is 0 Å². The Morgan fingerprint density at radius 2 is 2.23 bits per heavy atom. The lowest BCUT2D eigenvalue weighted by molar-refractivity contribution is 0.0365. The molecule has 0 spiro atoms. The van der Waals surface area contributed by atoms with Crippen molar-refractivity contribution in [3.8, 4) is 0 Å². The van der Waals surface area contributed by atoms with E-state index in [4.69, 9.17) is 4.74 Å². The second-order valence-electron chi connectivity index (χ2n) is 3.25. The zero-order valence-electron chi connectivity index (χ0n) is 8.37. The van der Waals surface area contributed by atoms with E-state index in [0.717, 1.165) is 5.69 Å². The summed E-state index contributed by atoms with van der Waals surface area (Å²) in [5.41, 5.74) is 1.31. The first-order valence-electron chi connectivity index (χ1n) is 4.22. The third-order valence-electron chi connectivity index (χ3n) is 1.55. The minimum Gasteiger partial charge on any atom is -0.458 e. The van der Waals surface area contributed by atoms with E-state index in [2.05, 4.69) is 5.10 Å². The number of hydrogen-bond acceptors (Lipinski definition) is 3. The predicted octanol–water partition coefficient (Wildman–Crippen LogP) is 1.29. The largest absolute Gasteiger partial charge is 0.458 e. The summed E-state index contributed by atoms with van der Waals surface area (Å²) in [4.78, 5) is 11.4. The molecule has 72 valence electrons. The Hall–Kier alpha value is -1.32. The van der Waals surface area contributed by atoms with Crippen molar-refractivity contribution < 1.29 is 9.53 Å². The molecule has 0 aliphatic heterocycles. The molecule has 0 N–H and O–H groups in total. The molecule has 0 bridgehead atoms. The summed E-state index contributed by atoms with van der Waals surface area (Å²) in [6.45, 7) is 5.48. The first-order chi connectivity index (χ1) is 6.00. The molecule has 1 heterocycles. The number of aryl methyl sites for hydroxylation is 2. The number of rotatable bonds is 2. The van der Waals surface area contributed by atoms with E-state index in [-0.39, 0.29) is 12.1 Å². The predicted molar refractivity (Wildman–Crippen MR) is 48.5 cm³/mol. The molecule has 0 aliphatic carbocycles. The van der Waals surface area contributed by atoms with Gasteiger partial charge in [0.2, 0.25) is 0 Å². The van der Waals surface area contributed by atoms with E-state index < -0.39 is 0 Å².